The first-order chi connectivity index (χ1) is 32.5. The molecular formula is C61H51N4OPtSi-3. The standard InChI is InChI=1S/C61H51N4OSi.Pt/c1-61(2,3)47-33-34-62-59(38-47)65-54-27-14-13-25-52(54)53-32-31-50(40-57(53)65)66-49-24-17-23-48(39-49)63-41-64(56-29-16-15-28-55(56)63)60-51(26-18-30-58(60)67(4,5)6)46-36-44(42-19-9-7-10-20-42)35-45(37-46)43-21-11-8-12-22-43;/h7-38,41H,1-6H3;/q-3;. The Kier molecular flexibility index (Phi) is 11.8. The van der Waals surface area contributed by atoms with Gasteiger partial charge in [0.1, 0.15) is 5.82 Å². The monoisotopic (exact) mass is 1080 g/mol. The van der Waals surface area contributed by atoms with Crippen LogP contribution in [0, 0.1) is 18.8 Å². The summed E-state index contributed by atoms with van der Waals surface area (Å²) in [6.07, 6.45) is 1.90. The molecule has 68 heavy (non-hydrogen) atoms. The van der Waals surface area contributed by atoms with Gasteiger partial charge in [-0.05, 0) is 97.9 Å². The van der Waals surface area contributed by atoms with Gasteiger partial charge in [-0.2, -0.15) is 12.1 Å². The summed E-state index contributed by atoms with van der Waals surface area (Å²) < 4.78 is 8.89. The quantitative estimate of drug-likeness (QED) is 0.107. The Balaban J connectivity index is 0.00000539. The molecule has 0 N–H and O–H groups in total. The molecule has 0 amide bonds. The predicted octanol–water partition coefficient (Wildman–Crippen LogP) is 15.8. The molecule has 3 heterocycles. The van der Waals surface area contributed by atoms with E-state index in [0.717, 1.165) is 44.7 Å². The molecule has 338 valence electrons. The molecule has 0 saturated carbocycles. The maximum Gasteiger partial charge on any atom is 0.135 e. The first kappa shape index (κ1) is 44.8. The predicted molar refractivity (Wildman–Crippen MR) is 282 cm³/mol. The maximum atomic E-state index is 6.69. The molecule has 10 aromatic rings. The van der Waals surface area contributed by atoms with Gasteiger partial charge in [0.05, 0.1) is 8.07 Å². The van der Waals surface area contributed by atoms with Crippen LogP contribution in [0.15, 0.2) is 194 Å². The Bertz CT molecular complexity index is 3410. The van der Waals surface area contributed by atoms with Crippen molar-refractivity contribution >= 4 is 57.8 Å². The number of fused-ring (bicyclic) bond motifs is 4. The minimum atomic E-state index is -1.92. The first-order valence-corrected chi connectivity index (χ1v) is 26.5. The Labute approximate surface area is 415 Å². The van der Waals surface area contributed by atoms with E-state index in [9.17, 15) is 0 Å². The van der Waals surface area contributed by atoms with Crippen LogP contribution in [0.4, 0.5) is 22.7 Å². The van der Waals surface area contributed by atoms with Gasteiger partial charge >= 0.3 is 0 Å². The zero-order valence-electron chi connectivity index (χ0n) is 39.1. The molecule has 0 aliphatic carbocycles. The number of hydrogen-bond donors (Lipinski definition) is 0. The third-order valence-corrected chi connectivity index (χ3v) is 14.8. The largest absolute Gasteiger partial charge is 0.509 e. The molecule has 0 fully saturated rings. The number of ether oxygens (including phenoxy) is 1. The van der Waals surface area contributed by atoms with Gasteiger partial charge in [0, 0.05) is 66.9 Å². The molecule has 0 spiro atoms. The molecule has 2 aromatic heterocycles. The van der Waals surface area contributed by atoms with E-state index in [0.29, 0.717) is 11.5 Å². The average molecular weight is 1080 g/mol. The summed E-state index contributed by atoms with van der Waals surface area (Å²) in [5, 5.41) is 3.62. The molecule has 5 nitrogen and oxygen atoms in total. The van der Waals surface area contributed by atoms with Crippen molar-refractivity contribution in [1.82, 2.24) is 9.55 Å². The van der Waals surface area contributed by atoms with Crippen LogP contribution in [0.2, 0.25) is 19.6 Å². The van der Waals surface area contributed by atoms with Gasteiger partial charge in [0.25, 0.3) is 0 Å². The van der Waals surface area contributed by atoms with E-state index < -0.39 is 8.07 Å². The van der Waals surface area contributed by atoms with Crippen LogP contribution in [0.3, 0.4) is 0 Å². The SMILES string of the molecule is CC(C)(C)c1ccnc(-n2c3[c-]c(Oc4[c-]c(N5[CH-]N(c6c(-c7cc(-c8ccccc8)cc(-c8ccccc8)c7)cccc6[Si](C)(C)C)c6ccccc65)ccc4)ccc3c3ccccc32)c1.[Pt]. The van der Waals surface area contributed by atoms with Crippen LogP contribution in [0.1, 0.15) is 26.3 Å². The zero-order valence-corrected chi connectivity index (χ0v) is 42.3. The minimum absolute atomic E-state index is 0. The van der Waals surface area contributed by atoms with E-state index in [1.807, 2.05) is 24.4 Å². The van der Waals surface area contributed by atoms with Crippen molar-refractivity contribution in [2.75, 3.05) is 9.80 Å². The van der Waals surface area contributed by atoms with E-state index in [-0.39, 0.29) is 26.5 Å². The summed E-state index contributed by atoms with van der Waals surface area (Å²) in [4.78, 5) is 9.51. The number of anilines is 4. The summed E-state index contributed by atoms with van der Waals surface area (Å²) in [5.74, 6) is 2.06. The molecule has 1 aliphatic heterocycles. The van der Waals surface area contributed by atoms with Gasteiger partial charge in [-0.25, -0.2) is 4.98 Å². The smallest absolute Gasteiger partial charge is 0.135 e. The third kappa shape index (κ3) is 8.37. The molecule has 0 bridgehead atoms. The van der Waals surface area contributed by atoms with E-state index in [2.05, 4.69) is 243 Å². The van der Waals surface area contributed by atoms with Crippen LogP contribution in [-0.4, -0.2) is 17.6 Å². The second-order valence-corrected chi connectivity index (χ2v) is 24.5. The molecular weight excluding hydrogens is 1030 g/mol. The Hall–Kier alpha value is -6.98. The van der Waals surface area contributed by atoms with Gasteiger partial charge in [-0.15, -0.1) is 48.1 Å². The Morgan fingerprint density at radius 3 is 1.85 bits per heavy atom. The summed E-state index contributed by atoms with van der Waals surface area (Å²) in [5.41, 5.74) is 14.5. The maximum absolute atomic E-state index is 6.69. The summed E-state index contributed by atoms with van der Waals surface area (Å²) in [6.45, 7) is 16.2. The van der Waals surface area contributed by atoms with Gasteiger partial charge in [0.2, 0.25) is 0 Å². The van der Waals surface area contributed by atoms with Crippen LogP contribution in [0.25, 0.3) is 61.0 Å². The van der Waals surface area contributed by atoms with Gasteiger partial charge in [0.15, 0.2) is 0 Å². The van der Waals surface area contributed by atoms with Crippen LogP contribution in [-0.2, 0) is 26.5 Å². The van der Waals surface area contributed by atoms with E-state index in [1.165, 1.54) is 49.8 Å². The fourth-order valence-corrected chi connectivity index (χ4v) is 11.0. The minimum Gasteiger partial charge on any atom is -0.509 e. The number of hydrogen-bond acceptors (Lipinski definition) is 4. The molecule has 7 heteroatoms. The van der Waals surface area contributed by atoms with Gasteiger partial charge in [-0.1, -0.05) is 155 Å². The number of pyridine rings is 1. The van der Waals surface area contributed by atoms with Crippen molar-refractivity contribution < 1.29 is 25.8 Å². The fourth-order valence-electron chi connectivity index (χ4n) is 9.43. The summed E-state index contributed by atoms with van der Waals surface area (Å²) >= 11 is 0. The van der Waals surface area contributed by atoms with Crippen molar-refractivity contribution in [2.24, 2.45) is 0 Å². The van der Waals surface area contributed by atoms with Crippen LogP contribution >= 0.6 is 0 Å². The number of para-hydroxylation sites is 4. The number of nitrogens with zero attached hydrogens (tertiary/aromatic N) is 4. The second kappa shape index (κ2) is 17.9. The second-order valence-electron chi connectivity index (χ2n) is 19.4. The number of benzene rings is 8. The van der Waals surface area contributed by atoms with Gasteiger partial charge < -0.3 is 19.1 Å². The van der Waals surface area contributed by atoms with Crippen LogP contribution in [0.5, 0.6) is 11.5 Å². The normalized spacial score (nSPS) is 12.6. The van der Waals surface area contributed by atoms with E-state index in [4.69, 9.17) is 9.72 Å². The van der Waals surface area contributed by atoms with Crippen molar-refractivity contribution in [1.29, 1.82) is 0 Å². The van der Waals surface area contributed by atoms with Crippen molar-refractivity contribution in [3.05, 3.63) is 219 Å². The van der Waals surface area contributed by atoms with E-state index in [1.54, 1.807) is 0 Å². The van der Waals surface area contributed by atoms with Gasteiger partial charge in [-0.3, -0.25) is 0 Å². The molecule has 0 radical (unpaired) electrons. The molecule has 0 saturated heterocycles. The molecule has 0 atom stereocenters. The van der Waals surface area contributed by atoms with E-state index >= 15 is 0 Å². The Morgan fingerprint density at radius 2 is 1.16 bits per heavy atom. The third-order valence-electron chi connectivity index (χ3n) is 12.8. The number of aromatic nitrogens is 2. The first-order valence-electron chi connectivity index (χ1n) is 23.0. The molecule has 1 aliphatic rings. The number of rotatable bonds is 9. The average Bonchev–Trinajstić information content (AvgIpc) is 3.90. The summed E-state index contributed by atoms with van der Waals surface area (Å²) in [6, 6.07) is 74.3. The molecule has 8 aromatic carbocycles. The summed E-state index contributed by atoms with van der Waals surface area (Å²) in [7, 11) is -1.92. The molecule has 11 rings (SSSR count). The van der Waals surface area contributed by atoms with Crippen molar-refractivity contribution in [2.45, 2.75) is 45.8 Å². The Morgan fingerprint density at radius 1 is 0.544 bits per heavy atom. The molecule has 0 unspecified atom stereocenters. The van der Waals surface area contributed by atoms with Crippen LogP contribution < -0.4 is 19.7 Å². The van der Waals surface area contributed by atoms with Crippen molar-refractivity contribution in [3.63, 3.8) is 0 Å². The van der Waals surface area contributed by atoms with Crippen molar-refractivity contribution in [3.8, 4) is 50.7 Å². The topological polar surface area (TPSA) is 33.5 Å². The zero-order chi connectivity index (χ0) is 45.9. The fraction of sp³-hybridized carbons (Fsp3) is 0.115.